The maximum atomic E-state index is 12.6. The molecule has 0 aromatic heterocycles. The third-order valence-electron chi connectivity index (χ3n) is 6.64. The average Bonchev–Trinajstić information content (AvgIpc) is 2.86. The summed E-state index contributed by atoms with van der Waals surface area (Å²) in [6, 6.07) is 14.4. The number of hydrogen-bond donors (Lipinski definition) is 4. The van der Waals surface area contributed by atoms with E-state index in [-0.39, 0.29) is 24.4 Å². The smallest absolute Gasteiger partial charge is 0.328 e. The Labute approximate surface area is 206 Å². The molecule has 1 saturated heterocycles. The third-order valence-corrected chi connectivity index (χ3v) is 6.64. The van der Waals surface area contributed by atoms with Crippen LogP contribution in [-0.2, 0) is 14.4 Å². The number of aliphatic carboxylic acids is 1. The van der Waals surface area contributed by atoms with Crippen LogP contribution in [0.3, 0.4) is 0 Å². The summed E-state index contributed by atoms with van der Waals surface area (Å²) in [7, 11) is 0. The number of carbonyl (C=O) groups is 3. The largest absolute Gasteiger partial charge is 0.478 e. The van der Waals surface area contributed by atoms with Gasteiger partial charge in [-0.2, -0.15) is 0 Å². The van der Waals surface area contributed by atoms with Gasteiger partial charge in [-0.15, -0.1) is 0 Å². The Morgan fingerprint density at radius 1 is 1.00 bits per heavy atom. The molecule has 3 rings (SSSR count). The SMILES string of the molecule is CC(NC(=O)C(C)NC1CCN(C(C)c2cccc3ccccc23)CC1)C(=O)NC/C=C/C(=O)O. The first-order chi connectivity index (χ1) is 16.8. The second-order valence-corrected chi connectivity index (χ2v) is 9.16. The summed E-state index contributed by atoms with van der Waals surface area (Å²) in [5.74, 6) is -1.68. The molecule has 1 aliphatic rings. The van der Waals surface area contributed by atoms with Crippen LogP contribution in [0.4, 0.5) is 0 Å². The van der Waals surface area contributed by atoms with Crippen LogP contribution >= 0.6 is 0 Å². The lowest BCUT2D eigenvalue weighted by atomic mass is 9.96. The van der Waals surface area contributed by atoms with E-state index < -0.39 is 18.1 Å². The lowest BCUT2D eigenvalue weighted by Crippen LogP contribution is -2.54. The van der Waals surface area contributed by atoms with E-state index in [1.165, 1.54) is 22.4 Å². The Morgan fingerprint density at radius 3 is 2.40 bits per heavy atom. The summed E-state index contributed by atoms with van der Waals surface area (Å²) in [4.78, 5) is 37.6. The van der Waals surface area contributed by atoms with Gasteiger partial charge in [-0.3, -0.25) is 14.5 Å². The van der Waals surface area contributed by atoms with Gasteiger partial charge in [0.1, 0.15) is 6.04 Å². The number of carboxylic acid groups (broad SMARTS) is 1. The number of nitrogens with zero attached hydrogens (tertiary/aromatic N) is 1. The monoisotopic (exact) mass is 480 g/mol. The molecule has 1 fully saturated rings. The normalized spacial score (nSPS) is 17.7. The molecule has 3 atom stereocenters. The first kappa shape index (κ1) is 26.4. The zero-order valence-corrected chi connectivity index (χ0v) is 20.7. The zero-order valence-electron chi connectivity index (χ0n) is 20.7. The van der Waals surface area contributed by atoms with Gasteiger partial charge < -0.3 is 21.1 Å². The zero-order chi connectivity index (χ0) is 25.4. The van der Waals surface area contributed by atoms with Crippen molar-refractivity contribution >= 4 is 28.6 Å². The highest BCUT2D eigenvalue weighted by Gasteiger charge is 2.27. The van der Waals surface area contributed by atoms with Crippen LogP contribution in [0.5, 0.6) is 0 Å². The molecule has 0 aliphatic carbocycles. The Bertz CT molecular complexity index is 1060. The van der Waals surface area contributed by atoms with Crippen molar-refractivity contribution in [1.29, 1.82) is 0 Å². The Hall–Kier alpha value is -3.23. The summed E-state index contributed by atoms with van der Waals surface area (Å²) in [5.41, 5.74) is 1.34. The highest BCUT2D eigenvalue weighted by atomic mass is 16.4. The van der Waals surface area contributed by atoms with Crippen molar-refractivity contribution in [2.75, 3.05) is 19.6 Å². The second-order valence-electron chi connectivity index (χ2n) is 9.16. The van der Waals surface area contributed by atoms with Gasteiger partial charge in [0, 0.05) is 37.8 Å². The molecule has 35 heavy (non-hydrogen) atoms. The molecule has 0 bridgehead atoms. The predicted octanol–water partition coefficient (Wildman–Crippen LogP) is 2.60. The highest BCUT2D eigenvalue weighted by molar-refractivity contribution is 5.89. The van der Waals surface area contributed by atoms with E-state index in [1.54, 1.807) is 13.8 Å². The summed E-state index contributed by atoms with van der Waals surface area (Å²) >= 11 is 0. The fourth-order valence-corrected chi connectivity index (χ4v) is 4.57. The number of likely N-dealkylation sites (tertiary alicyclic amines) is 1. The molecule has 8 nitrogen and oxygen atoms in total. The molecule has 1 aliphatic heterocycles. The number of amides is 2. The van der Waals surface area contributed by atoms with Crippen molar-refractivity contribution in [2.24, 2.45) is 0 Å². The van der Waals surface area contributed by atoms with E-state index in [4.69, 9.17) is 5.11 Å². The van der Waals surface area contributed by atoms with E-state index in [9.17, 15) is 14.4 Å². The molecule has 0 radical (unpaired) electrons. The molecule has 2 aromatic carbocycles. The maximum Gasteiger partial charge on any atom is 0.328 e. The van der Waals surface area contributed by atoms with Gasteiger partial charge in [-0.05, 0) is 49.9 Å². The maximum absolute atomic E-state index is 12.6. The number of hydrogen-bond acceptors (Lipinski definition) is 5. The predicted molar refractivity (Wildman–Crippen MR) is 137 cm³/mol. The minimum Gasteiger partial charge on any atom is -0.478 e. The van der Waals surface area contributed by atoms with Crippen LogP contribution in [0, 0.1) is 0 Å². The molecular formula is C27H36N4O4. The standard InChI is InChI=1S/C27H36N4O4/c1-18(26(34)28-15-7-12-25(32)33)30-27(35)19(2)29-22-13-16-31(17-14-22)20(3)23-11-6-9-21-8-4-5-10-24(21)23/h4-12,18-20,22,29H,13-17H2,1-3H3,(H,28,34)(H,30,35)(H,32,33)/b12-7+. The molecular weight excluding hydrogens is 444 g/mol. The van der Waals surface area contributed by atoms with Crippen molar-refractivity contribution in [2.45, 2.75) is 57.8 Å². The van der Waals surface area contributed by atoms with Gasteiger partial charge >= 0.3 is 5.97 Å². The number of fused-ring (bicyclic) bond motifs is 1. The Kier molecular flexibility index (Phi) is 9.39. The van der Waals surface area contributed by atoms with E-state index in [1.807, 2.05) is 0 Å². The summed E-state index contributed by atoms with van der Waals surface area (Å²) < 4.78 is 0. The van der Waals surface area contributed by atoms with Crippen LogP contribution < -0.4 is 16.0 Å². The summed E-state index contributed by atoms with van der Waals surface area (Å²) in [5, 5.41) is 19.8. The van der Waals surface area contributed by atoms with Gasteiger partial charge in [0.2, 0.25) is 11.8 Å². The molecule has 0 saturated carbocycles. The number of benzene rings is 2. The lowest BCUT2D eigenvalue weighted by molar-refractivity contribution is -0.131. The number of rotatable bonds is 10. The molecule has 3 unspecified atom stereocenters. The van der Waals surface area contributed by atoms with E-state index >= 15 is 0 Å². The highest BCUT2D eigenvalue weighted by Crippen LogP contribution is 2.30. The first-order valence-corrected chi connectivity index (χ1v) is 12.2. The van der Waals surface area contributed by atoms with Crippen molar-refractivity contribution in [3.63, 3.8) is 0 Å². The van der Waals surface area contributed by atoms with Crippen molar-refractivity contribution in [3.05, 3.63) is 60.2 Å². The minimum atomic E-state index is -1.07. The second kappa shape index (κ2) is 12.5. The Morgan fingerprint density at radius 2 is 1.69 bits per heavy atom. The van der Waals surface area contributed by atoms with Crippen LogP contribution in [-0.4, -0.2) is 65.5 Å². The summed E-state index contributed by atoms with van der Waals surface area (Å²) in [6.45, 7) is 7.65. The lowest BCUT2D eigenvalue weighted by Gasteiger charge is -2.37. The van der Waals surface area contributed by atoms with Crippen LogP contribution in [0.25, 0.3) is 10.8 Å². The first-order valence-electron chi connectivity index (χ1n) is 12.2. The molecule has 2 amide bonds. The molecule has 4 N–H and O–H groups in total. The average molecular weight is 481 g/mol. The molecule has 8 heteroatoms. The molecule has 2 aromatic rings. The number of carboxylic acids is 1. The molecule has 1 heterocycles. The quantitative estimate of drug-likeness (QED) is 0.389. The third kappa shape index (κ3) is 7.37. The van der Waals surface area contributed by atoms with E-state index in [0.29, 0.717) is 6.04 Å². The fourth-order valence-electron chi connectivity index (χ4n) is 4.57. The van der Waals surface area contributed by atoms with E-state index in [2.05, 4.69) is 70.2 Å². The van der Waals surface area contributed by atoms with Gasteiger partial charge in [-0.25, -0.2) is 4.79 Å². The van der Waals surface area contributed by atoms with Gasteiger partial charge in [0.05, 0.1) is 6.04 Å². The fraction of sp³-hybridized carbons (Fsp3) is 0.444. The number of nitrogens with one attached hydrogen (secondary N) is 3. The molecule has 188 valence electrons. The van der Waals surface area contributed by atoms with Crippen molar-refractivity contribution in [3.8, 4) is 0 Å². The van der Waals surface area contributed by atoms with Gasteiger partial charge in [0.25, 0.3) is 0 Å². The van der Waals surface area contributed by atoms with Crippen molar-refractivity contribution < 1.29 is 19.5 Å². The topological polar surface area (TPSA) is 111 Å². The van der Waals surface area contributed by atoms with Crippen LogP contribution in [0.2, 0.25) is 0 Å². The minimum absolute atomic E-state index is 0.0922. The summed E-state index contributed by atoms with van der Waals surface area (Å²) in [6.07, 6.45) is 4.19. The van der Waals surface area contributed by atoms with Gasteiger partial charge in [-0.1, -0.05) is 48.5 Å². The number of piperidine rings is 1. The van der Waals surface area contributed by atoms with Crippen molar-refractivity contribution in [1.82, 2.24) is 20.9 Å². The van der Waals surface area contributed by atoms with Crippen LogP contribution in [0.15, 0.2) is 54.6 Å². The van der Waals surface area contributed by atoms with E-state index in [0.717, 1.165) is 32.0 Å². The Balaban J connectivity index is 1.44. The molecule has 0 spiro atoms. The van der Waals surface area contributed by atoms with Crippen LogP contribution in [0.1, 0.15) is 45.2 Å². The number of carbonyl (C=O) groups excluding carboxylic acids is 2. The van der Waals surface area contributed by atoms with Gasteiger partial charge in [0.15, 0.2) is 0 Å².